The van der Waals surface area contributed by atoms with Crippen LogP contribution in [-0.4, -0.2) is 23.7 Å². The zero-order valence-electron chi connectivity index (χ0n) is 14.7. The molecular formula is C21H20INO3. The van der Waals surface area contributed by atoms with Crippen LogP contribution in [0.2, 0.25) is 0 Å². The van der Waals surface area contributed by atoms with Gasteiger partial charge < -0.3 is 14.6 Å². The van der Waals surface area contributed by atoms with E-state index in [0.29, 0.717) is 23.1 Å². The summed E-state index contributed by atoms with van der Waals surface area (Å²) in [6.45, 7) is 1.87. The largest absolute Gasteiger partial charge is 0.494 e. The highest BCUT2D eigenvalue weighted by Gasteiger charge is 2.65. The van der Waals surface area contributed by atoms with E-state index >= 15 is 0 Å². The third kappa shape index (κ3) is 2.65. The molecule has 0 amide bonds. The monoisotopic (exact) mass is 461 g/mol. The fraction of sp³-hybridized carbons (Fsp3) is 0.286. The van der Waals surface area contributed by atoms with Gasteiger partial charge >= 0.3 is 0 Å². The fourth-order valence-electron chi connectivity index (χ4n) is 3.44. The summed E-state index contributed by atoms with van der Waals surface area (Å²) in [6, 6.07) is 17.4. The van der Waals surface area contributed by atoms with Gasteiger partial charge in [-0.25, -0.2) is 4.99 Å². The highest BCUT2D eigenvalue weighted by Crippen LogP contribution is 2.63. The van der Waals surface area contributed by atoms with Gasteiger partial charge in [-0.15, -0.1) is 0 Å². The van der Waals surface area contributed by atoms with E-state index in [1.807, 2.05) is 61.5 Å². The summed E-state index contributed by atoms with van der Waals surface area (Å²) >= 11 is 2.21. The van der Waals surface area contributed by atoms with Crippen molar-refractivity contribution in [2.45, 2.75) is 25.4 Å². The van der Waals surface area contributed by atoms with Gasteiger partial charge in [-0.3, -0.25) is 0 Å². The van der Waals surface area contributed by atoms with Gasteiger partial charge in [0.2, 0.25) is 5.90 Å². The molecule has 1 aliphatic carbocycles. The molecule has 5 heteroatoms. The number of aliphatic imine (C=N–C) groups is 1. The van der Waals surface area contributed by atoms with Crippen molar-refractivity contribution >= 4 is 39.9 Å². The van der Waals surface area contributed by atoms with Crippen molar-refractivity contribution in [3.63, 3.8) is 0 Å². The quantitative estimate of drug-likeness (QED) is 0.648. The van der Waals surface area contributed by atoms with Crippen LogP contribution in [0.3, 0.4) is 0 Å². The molecule has 4 nitrogen and oxygen atoms in total. The molecule has 0 aromatic heterocycles. The second-order valence-corrected chi connectivity index (χ2v) is 7.93. The number of nitrogens with zero attached hydrogens (tertiary/aromatic N) is 1. The minimum atomic E-state index is -1.02. The Bertz CT molecular complexity index is 898. The number of para-hydroxylation sites is 2. The van der Waals surface area contributed by atoms with Gasteiger partial charge in [0, 0.05) is 5.56 Å². The molecule has 1 atom stereocenters. The number of halogens is 1. The molecule has 0 saturated heterocycles. The molecule has 2 aromatic rings. The van der Waals surface area contributed by atoms with Crippen molar-refractivity contribution in [1.29, 1.82) is 0 Å². The van der Waals surface area contributed by atoms with Crippen molar-refractivity contribution in [3.8, 4) is 5.75 Å². The van der Waals surface area contributed by atoms with Crippen LogP contribution in [0.25, 0.3) is 5.76 Å². The second kappa shape index (κ2) is 6.39. The van der Waals surface area contributed by atoms with Gasteiger partial charge in [0.05, 0.1) is 16.1 Å². The van der Waals surface area contributed by atoms with E-state index in [-0.39, 0.29) is 0 Å². The first kappa shape index (κ1) is 17.5. The highest BCUT2D eigenvalue weighted by molar-refractivity contribution is 14.1. The number of hydrogen-bond acceptors (Lipinski definition) is 4. The number of methoxy groups -OCH3 is 1. The third-order valence-electron chi connectivity index (χ3n) is 5.26. The van der Waals surface area contributed by atoms with Crippen LogP contribution in [0, 0.1) is 5.41 Å². The van der Waals surface area contributed by atoms with Crippen LogP contribution in [-0.2, 0) is 4.74 Å². The van der Waals surface area contributed by atoms with Gasteiger partial charge in [-0.2, -0.15) is 0 Å². The lowest BCUT2D eigenvalue weighted by Crippen LogP contribution is -2.46. The van der Waals surface area contributed by atoms with E-state index in [2.05, 4.69) is 22.6 Å². The summed E-state index contributed by atoms with van der Waals surface area (Å²) in [7, 11) is 1.63. The molecule has 1 spiro atoms. The van der Waals surface area contributed by atoms with Gasteiger partial charge in [-0.1, -0.05) is 42.5 Å². The van der Waals surface area contributed by atoms with E-state index in [0.717, 1.165) is 22.0 Å². The summed E-state index contributed by atoms with van der Waals surface area (Å²) in [5, 5.41) is 11.4. The molecule has 4 rings (SSSR count). The SMILES string of the molecule is COc1ccccc1N=C1OC(c2ccccc2)=C(I)C(C)(O)C12CC2. The lowest BCUT2D eigenvalue weighted by molar-refractivity contribution is 0.0457. The Labute approximate surface area is 166 Å². The van der Waals surface area contributed by atoms with Crippen LogP contribution in [0.5, 0.6) is 5.75 Å². The summed E-state index contributed by atoms with van der Waals surface area (Å²) < 4.78 is 12.5. The Morgan fingerprint density at radius 3 is 2.38 bits per heavy atom. The Morgan fingerprint density at radius 2 is 1.73 bits per heavy atom. The van der Waals surface area contributed by atoms with Crippen molar-refractivity contribution in [3.05, 3.63) is 63.7 Å². The summed E-state index contributed by atoms with van der Waals surface area (Å²) in [5.41, 5.74) is 0.150. The first-order chi connectivity index (χ1) is 12.5. The topological polar surface area (TPSA) is 51.0 Å². The lowest BCUT2D eigenvalue weighted by atomic mass is 9.82. The van der Waals surface area contributed by atoms with Crippen LogP contribution in [0.4, 0.5) is 5.69 Å². The summed E-state index contributed by atoms with van der Waals surface area (Å²) in [4.78, 5) is 4.78. The van der Waals surface area contributed by atoms with Crippen LogP contribution < -0.4 is 4.74 Å². The zero-order valence-corrected chi connectivity index (χ0v) is 16.9. The number of hydrogen-bond donors (Lipinski definition) is 1. The molecule has 1 fully saturated rings. The smallest absolute Gasteiger partial charge is 0.204 e. The van der Waals surface area contributed by atoms with E-state index in [9.17, 15) is 5.11 Å². The fourth-order valence-corrected chi connectivity index (χ4v) is 4.38. The van der Waals surface area contributed by atoms with Crippen LogP contribution in [0.15, 0.2) is 63.2 Å². The molecule has 2 aliphatic rings. The second-order valence-electron chi connectivity index (χ2n) is 6.85. The molecule has 1 saturated carbocycles. The van der Waals surface area contributed by atoms with E-state index in [4.69, 9.17) is 14.5 Å². The molecule has 0 radical (unpaired) electrons. The maximum absolute atomic E-state index is 11.4. The number of ether oxygens (including phenoxy) is 2. The van der Waals surface area contributed by atoms with Crippen molar-refractivity contribution in [1.82, 2.24) is 0 Å². The summed E-state index contributed by atoms with van der Waals surface area (Å²) in [6.07, 6.45) is 1.70. The molecule has 1 N–H and O–H groups in total. The standard InChI is InChI=1S/C21H20INO3/c1-20(24)18(22)17(14-8-4-3-5-9-14)26-19(21(20)12-13-21)23-15-10-6-7-11-16(15)25-2/h3-11,24H,12-13H2,1-2H3. The molecule has 0 bridgehead atoms. The molecule has 1 heterocycles. The molecule has 1 aliphatic heterocycles. The molecule has 134 valence electrons. The molecule has 26 heavy (non-hydrogen) atoms. The lowest BCUT2D eigenvalue weighted by Gasteiger charge is -2.39. The number of rotatable bonds is 3. The van der Waals surface area contributed by atoms with E-state index in [1.165, 1.54) is 0 Å². The predicted octanol–water partition coefficient (Wildman–Crippen LogP) is 5.09. The minimum absolute atomic E-state index is 0.470. The predicted molar refractivity (Wildman–Crippen MR) is 111 cm³/mol. The van der Waals surface area contributed by atoms with Crippen LogP contribution >= 0.6 is 22.6 Å². The first-order valence-corrected chi connectivity index (χ1v) is 9.65. The van der Waals surface area contributed by atoms with Gasteiger partial charge in [0.1, 0.15) is 22.8 Å². The van der Waals surface area contributed by atoms with E-state index in [1.54, 1.807) is 7.11 Å². The molecule has 2 aromatic carbocycles. The van der Waals surface area contributed by atoms with Crippen molar-refractivity contribution in [2.24, 2.45) is 10.4 Å². The average Bonchev–Trinajstić information content (AvgIpc) is 3.47. The normalized spacial score (nSPS) is 25.3. The number of benzene rings is 2. The third-order valence-corrected chi connectivity index (χ3v) is 6.80. The maximum atomic E-state index is 11.4. The Morgan fingerprint density at radius 1 is 1.08 bits per heavy atom. The Balaban J connectivity index is 1.86. The minimum Gasteiger partial charge on any atom is -0.494 e. The summed E-state index contributed by atoms with van der Waals surface area (Å²) in [5.74, 6) is 1.91. The highest BCUT2D eigenvalue weighted by atomic mass is 127. The van der Waals surface area contributed by atoms with Crippen molar-refractivity contribution < 1.29 is 14.6 Å². The van der Waals surface area contributed by atoms with Gasteiger partial charge in [0.15, 0.2) is 0 Å². The van der Waals surface area contributed by atoms with Crippen molar-refractivity contribution in [2.75, 3.05) is 7.11 Å². The first-order valence-electron chi connectivity index (χ1n) is 8.58. The van der Waals surface area contributed by atoms with Gasteiger partial charge in [-0.05, 0) is 54.5 Å². The molecular weight excluding hydrogens is 441 g/mol. The maximum Gasteiger partial charge on any atom is 0.204 e. The van der Waals surface area contributed by atoms with Gasteiger partial charge in [0.25, 0.3) is 0 Å². The molecule has 1 unspecified atom stereocenters. The van der Waals surface area contributed by atoms with Crippen LogP contribution in [0.1, 0.15) is 25.3 Å². The average molecular weight is 461 g/mol. The number of aliphatic hydroxyl groups is 1. The zero-order chi connectivity index (χ0) is 18.4. The Kier molecular flexibility index (Phi) is 4.31. The Hall–Kier alpha value is -1.86. The van der Waals surface area contributed by atoms with E-state index < -0.39 is 11.0 Å².